The minimum absolute atomic E-state index is 0.0187. The molecular weight excluding hydrogens is 348 g/mol. The van der Waals surface area contributed by atoms with E-state index in [-0.39, 0.29) is 5.91 Å². The Morgan fingerprint density at radius 2 is 1.84 bits per heavy atom. The number of anilines is 1. The highest BCUT2D eigenvalue weighted by Crippen LogP contribution is 2.36. The molecule has 3 nitrogen and oxygen atoms in total. The Balaban J connectivity index is 1.79. The van der Waals surface area contributed by atoms with E-state index in [2.05, 4.69) is 41.3 Å². The molecule has 0 saturated carbocycles. The second-order valence-electron chi connectivity index (χ2n) is 6.34. The van der Waals surface area contributed by atoms with Crippen molar-refractivity contribution in [1.82, 2.24) is 4.90 Å². The molecule has 2 heterocycles. The van der Waals surface area contributed by atoms with Gasteiger partial charge >= 0.3 is 0 Å². The molecule has 0 aliphatic carbocycles. The fraction of sp³-hybridized carbons (Fsp3) is 0.300. The van der Waals surface area contributed by atoms with Crippen LogP contribution in [0.4, 0.5) is 5.69 Å². The van der Waals surface area contributed by atoms with Gasteiger partial charge in [-0.15, -0.1) is 0 Å². The van der Waals surface area contributed by atoms with Crippen LogP contribution in [0.5, 0.6) is 0 Å². The molecule has 0 bridgehead atoms. The van der Waals surface area contributed by atoms with Gasteiger partial charge in [-0.2, -0.15) is 0 Å². The maximum atomic E-state index is 12.5. The molecule has 2 fully saturated rings. The van der Waals surface area contributed by atoms with Gasteiger partial charge in [-0.1, -0.05) is 54.3 Å². The molecule has 0 N–H and O–H groups in total. The number of thiocarbonyl (C=S) groups is 1. The number of carbonyl (C=O) groups excluding carboxylic acids is 1. The molecule has 0 unspecified atom stereocenters. The number of amides is 1. The van der Waals surface area contributed by atoms with Crippen LogP contribution in [0.15, 0.2) is 41.3 Å². The van der Waals surface area contributed by atoms with E-state index in [4.69, 9.17) is 12.2 Å². The number of rotatable bonds is 3. The molecule has 2 aromatic carbocycles. The number of hydrogen-bond acceptors (Lipinski definition) is 4. The molecular formula is C20H20N2OS2. The summed E-state index contributed by atoms with van der Waals surface area (Å²) in [6.07, 6.45) is 4.51. The zero-order valence-electron chi connectivity index (χ0n) is 14.2. The number of hydrogen-bond donors (Lipinski definition) is 0. The third-order valence-corrected chi connectivity index (χ3v) is 6.24. The van der Waals surface area contributed by atoms with E-state index >= 15 is 0 Å². The SMILES string of the molecule is CCN1C(=O)/C(=C/c2ccc(N3CCCC3)c3ccccc23)SC1=S. The van der Waals surface area contributed by atoms with Crippen molar-refractivity contribution in [3.63, 3.8) is 0 Å². The molecule has 2 saturated heterocycles. The number of fused-ring (bicyclic) bond motifs is 1. The van der Waals surface area contributed by atoms with Gasteiger partial charge in [0, 0.05) is 30.7 Å². The van der Waals surface area contributed by atoms with Crippen molar-refractivity contribution in [3.8, 4) is 0 Å². The zero-order chi connectivity index (χ0) is 17.4. The molecule has 25 heavy (non-hydrogen) atoms. The van der Waals surface area contributed by atoms with Crippen molar-refractivity contribution in [2.45, 2.75) is 19.8 Å². The Morgan fingerprint density at radius 3 is 2.52 bits per heavy atom. The average molecular weight is 369 g/mol. The lowest BCUT2D eigenvalue weighted by Crippen LogP contribution is -2.27. The van der Waals surface area contributed by atoms with Crippen molar-refractivity contribution >= 4 is 56.7 Å². The molecule has 4 rings (SSSR count). The molecule has 1 amide bonds. The molecule has 0 radical (unpaired) electrons. The van der Waals surface area contributed by atoms with E-state index < -0.39 is 0 Å². The Bertz CT molecular complexity index is 884. The van der Waals surface area contributed by atoms with Gasteiger partial charge < -0.3 is 4.90 Å². The number of nitrogens with zero attached hydrogens (tertiary/aromatic N) is 2. The van der Waals surface area contributed by atoms with Crippen molar-refractivity contribution in [2.75, 3.05) is 24.5 Å². The van der Waals surface area contributed by atoms with Gasteiger partial charge in [0.1, 0.15) is 4.32 Å². The summed E-state index contributed by atoms with van der Waals surface area (Å²) >= 11 is 6.72. The highest BCUT2D eigenvalue weighted by Gasteiger charge is 2.30. The zero-order valence-corrected chi connectivity index (χ0v) is 15.8. The Morgan fingerprint density at radius 1 is 1.12 bits per heavy atom. The standard InChI is InChI=1S/C20H20N2OS2/c1-2-22-19(23)18(25-20(22)24)13-14-9-10-17(21-11-5-6-12-21)16-8-4-3-7-15(14)16/h3-4,7-10,13H,2,5-6,11-12H2,1H3/b18-13-. The maximum absolute atomic E-state index is 12.5. The average Bonchev–Trinajstić information content (AvgIpc) is 3.24. The van der Waals surface area contributed by atoms with Crippen molar-refractivity contribution in [1.29, 1.82) is 0 Å². The Labute approximate surface area is 157 Å². The molecule has 2 aliphatic heterocycles. The summed E-state index contributed by atoms with van der Waals surface area (Å²) in [5, 5.41) is 2.44. The van der Waals surface area contributed by atoms with E-state index in [1.807, 2.05) is 13.0 Å². The number of likely N-dealkylation sites (N-methyl/N-ethyl adjacent to an activating group) is 1. The van der Waals surface area contributed by atoms with E-state index in [9.17, 15) is 4.79 Å². The molecule has 2 aliphatic rings. The van der Waals surface area contributed by atoms with Gasteiger partial charge in [0.25, 0.3) is 5.91 Å². The fourth-order valence-corrected chi connectivity index (χ4v) is 4.96. The van der Waals surface area contributed by atoms with Crippen LogP contribution in [0.2, 0.25) is 0 Å². The van der Waals surface area contributed by atoms with Crippen LogP contribution in [0, 0.1) is 0 Å². The lowest BCUT2D eigenvalue weighted by Gasteiger charge is -2.20. The van der Waals surface area contributed by atoms with Crippen LogP contribution in [-0.2, 0) is 4.79 Å². The van der Waals surface area contributed by atoms with Crippen LogP contribution >= 0.6 is 24.0 Å². The summed E-state index contributed by atoms with van der Waals surface area (Å²) in [5.74, 6) is 0.0187. The molecule has 128 valence electrons. The van der Waals surface area contributed by atoms with Crippen LogP contribution in [0.1, 0.15) is 25.3 Å². The largest absolute Gasteiger partial charge is 0.371 e. The van der Waals surface area contributed by atoms with Gasteiger partial charge in [0.05, 0.1) is 4.91 Å². The summed E-state index contributed by atoms with van der Waals surface area (Å²) in [6, 6.07) is 12.8. The van der Waals surface area contributed by atoms with Crippen LogP contribution in [0.25, 0.3) is 16.8 Å². The molecule has 0 aromatic heterocycles. The predicted octanol–water partition coefficient (Wildman–Crippen LogP) is 4.66. The summed E-state index contributed by atoms with van der Waals surface area (Å²) in [6.45, 7) is 4.82. The predicted molar refractivity (Wildman–Crippen MR) is 111 cm³/mol. The van der Waals surface area contributed by atoms with Gasteiger partial charge in [-0.3, -0.25) is 9.69 Å². The number of benzene rings is 2. The number of thioether (sulfide) groups is 1. The smallest absolute Gasteiger partial charge is 0.266 e. The van der Waals surface area contributed by atoms with Crippen molar-refractivity contribution in [2.24, 2.45) is 0 Å². The van der Waals surface area contributed by atoms with Gasteiger partial charge in [0.2, 0.25) is 0 Å². The molecule has 5 heteroatoms. The minimum Gasteiger partial charge on any atom is -0.371 e. The maximum Gasteiger partial charge on any atom is 0.266 e. The van der Waals surface area contributed by atoms with Crippen LogP contribution < -0.4 is 4.90 Å². The third kappa shape index (κ3) is 2.96. The van der Waals surface area contributed by atoms with E-state index in [1.54, 1.807) is 4.90 Å². The monoisotopic (exact) mass is 368 g/mol. The highest BCUT2D eigenvalue weighted by atomic mass is 32.2. The lowest BCUT2D eigenvalue weighted by atomic mass is 10.0. The lowest BCUT2D eigenvalue weighted by molar-refractivity contribution is -0.121. The molecule has 2 aromatic rings. The summed E-state index contributed by atoms with van der Waals surface area (Å²) < 4.78 is 0.650. The van der Waals surface area contributed by atoms with E-state index in [1.165, 1.54) is 41.1 Å². The number of carbonyl (C=O) groups is 1. The van der Waals surface area contributed by atoms with E-state index in [0.717, 1.165) is 18.7 Å². The summed E-state index contributed by atoms with van der Waals surface area (Å²) in [4.78, 5) is 17.3. The Kier molecular flexibility index (Phi) is 4.52. The highest BCUT2D eigenvalue weighted by molar-refractivity contribution is 8.26. The van der Waals surface area contributed by atoms with Crippen LogP contribution in [-0.4, -0.2) is 34.8 Å². The summed E-state index contributed by atoms with van der Waals surface area (Å²) in [7, 11) is 0. The topological polar surface area (TPSA) is 23.6 Å². The first-order valence-corrected chi connectivity index (χ1v) is 9.93. The first kappa shape index (κ1) is 16.6. The van der Waals surface area contributed by atoms with Crippen LogP contribution in [0.3, 0.4) is 0 Å². The third-order valence-electron chi connectivity index (χ3n) is 4.86. The second-order valence-corrected chi connectivity index (χ2v) is 8.02. The second kappa shape index (κ2) is 6.81. The normalized spacial score (nSPS) is 19.6. The van der Waals surface area contributed by atoms with Crippen molar-refractivity contribution in [3.05, 3.63) is 46.9 Å². The van der Waals surface area contributed by atoms with Crippen molar-refractivity contribution < 1.29 is 4.79 Å². The Hall–Kier alpha value is -1.85. The first-order chi connectivity index (χ1) is 12.2. The van der Waals surface area contributed by atoms with E-state index in [0.29, 0.717) is 15.8 Å². The summed E-state index contributed by atoms with van der Waals surface area (Å²) in [5.41, 5.74) is 2.38. The van der Waals surface area contributed by atoms with Gasteiger partial charge in [-0.05, 0) is 42.9 Å². The van der Waals surface area contributed by atoms with Gasteiger partial charge in [-0.25, -0.2) is 0 Å². The fourth-order valence-electron chi connectivity index (χ4n) is 3.58. The quantitative estimate of drug-likeness (QED) is 0.581. The minimum atomic E-state index is 0.0187. The van der Waals surface area contributed by atoms with Gasteiger partial charge in [0.15, 0.2) is 0 Å². The molecule has 0 atom stereocenters. The molecule has 0 spiro atoms. The first-order valence-electron chi connectivity index (χ1n) is 8.71.